The molecule has 0 spiro atoms. The third-order valence-electron chi connectivity index (χ3n) is 2.87. The maximum atomic E-state index is 12.1. The molecule has 108 valence electrons. The van der Waals surface area contributed by atoms with Crippen LogP contribution in [0, 0.1) is 5.92 Å². The van der Waals surface area contributed by atoms with Crippen LogP contribution in [0.4, 0.5) is 5.69 Å². The van der Waals surface area contributed by atoms with Crippen molar-refractivity contribution < 1.29 is 0 Å². The molecule has 0 aliphatic rings. The van der Waals surface area contributed by atoms with Gasteiger partial charge in [0.25, 0.3) is 5.56 Å². The third kappa shape index (κ3) is 4.53. The molecule has 0 radical (unpaired) electrons. The van der Waals surface area contributed by atoms with Crippen LogP contribution < -0.4 is 10.9 Å². The molecule has 0 amide bonds. The van der Waals surface area contributed by atoms with Gasteiger partial charge in [0.05, 0.1) is 11.9 Å². The van der Waals surface area contributed by atoms with E-state index < -0.39 is 0 Å². The predicted molar refractivity (Wildman–Crippen MR) is 81.0 cm³/mol. The van der Waals surface area contributed by atoms with E-state index in [2.05, 4.69) is 31.2 Å². The molecule has 0 saturated carbocycles. The Balaban J connectivity index is 3.00. The van der Waals surface area contributed by atoms with Crippen molar-refractivity contribution in [1.29, 1.82) is 0 Å². The maximum Gasteiger partial charge on any atom is 0.287 e. The largest absolute Gasteiger partial charge is 0.377 e. The van der Waals surface area contributed by atoms with E-state index in [1.807, 2.05) is 13.8 Å². The molecule has 0 unspecified atom stereocenters. The topological polar surface area (TPSA) is 46.9 Å². The fraction of sp³-hybridized carbons (Fsp3) is 0.714. The average Bonchev–Trinajstić information content (AvgIpc) is 2.28. The molecule has 1 N–H and O–H groups in total. The Kier molecular flexibility index (Phi) is 5.41. The lowest BCUT2D eigenvalue weighted by molar-refractivity contribution is 0.462. The van der Waals surface area contributed by atoms with E-state index in [-0.39, 0.29) is 16.1 Å². The normalized spacial score (nSPS) is 11.9. The highest BCUT2D eigenvalue weighted by Gasteiger charge is 2.19. The number of hydrogen-bond donors (Lipinski definition) is 1. The van der Waals surface area contributed by atoms with Gasteiger partial charge in [-0.3, -0.25) is 4.79 Å². The smallest absolute Gasteiger partial charge is 0.287 e. The summed E-state index contributed by atoms with van der Waals surface area (Å²) in [5.74, 6) is 0.358. The minimum absolute atomic E-state index is 0.100. The lowest BCUT2D eigenvalue weighted by atomic mass is 9.99. The molecule has 1 aromatic rings. The number of anilines is 1. The molecule has 5 heteroatoms. The van der Waals surface area contributed by atoms with Gasteiger partial charge in [0, 0.05) is 12.1 Å². The van der Waals surface area contributed by atoms with Gasteiger partial charge in [0.1, 0.15) is 5.02 Å². The fourth-order valence-corrected chi connectivity index (χ4v) is 2.27. The Morgan fingerprint density at radius 2 is 2.11 bits per heavy atom. The van der Waals surface area contributed by atoms with Crippen molar-refractivity contribution in [2.24, 2.45) is 5.92 Å². The highest BCUT2D eigenvalue weighted by Crippen LogP contribution is 2.23. The first-order chi connectivity index (χ1) is 8.76. The van der Waals surface area contributed by atoms with Crippen LogP contribution in [-0.4, -0.2) is 15.3 Å². The molecule has 0 aliphatic heterocycles. The van der Waals surface area contributed by atoms with Crippen LogP contribution >= 0.6 is 11.6 Å². The number of halogens is 1. The zero-order valence-corrected chi connectivity index (χ0v) is 13.2. The molecule has 0 atom stereocenters. The number of hydrogen-bond acceptors (Lipinski definition) is 3. The fourth-order valence-electron chi connectivity index (χ4n) is 2.08. The van der Waals surface area contributed by atoms with Crippen molar-refractivity contribution in [1.82, 2.24) is 9.78 Å². The van der Waals surface area contributed by atoms with Crippen LogP contribution in [-0.2, 0) is 6.54 Å². The van der Waals surface area contributed by atoms with Crippen molar-refractivity contribution in [2.75, 3.05) is 5.32 Å². The first kappa shape index (κ1) is 16.0. The molecule has 19 heavy (non-hydrogen) atoms. The third-order valence-corrected chi connectivity index (χ3v) is 3.24. The standard InChI is InChI=1S/C14H24ClN3O/c1-6-7-14(4,5)17-11-8-16-18(9-10(2)3)13(19)12(11)15/h8,10,17H,6-7,9H2,1-5H3. The van der Waals surface area contributed by atoms with E-state index in [1.165, 1.54) is 4.68 Å². The molecule has 1 rings (SSSR count). The van der Waals surface area contributed by atoms with E-state index in [4.69, 9.17) is 11.6 Å². The molecule has 1 heterocycles. The first-order valence-corrected chi connectivity index (χ1v) is 7.18. The minimum Gasteiger partial charge on any atom is -0.377 e. The van der Waals surface area contributed by atoms with Crippen molar-refractivity contribution in [3.8, 4) is 0 Å². The van der Waals surface area contributed by atoms with Gasteiger partial charge in [-0.2, -0.15) is 5.10 Å². The summed E-state index contributed by atoms with van der Waals surface area (Å²) < 4.78 is 1.42. The van der Waals surface area contributed by atoms with E-state index in [0.717, 1.165) is 12.8 Å². The highest BCUT2D eigenvalue weighted by atomic mass is 35.5. The molecule has 0 aromatic carbocycles. The zero-order chi connectivity index (χ0) is 14.6. The van der Waals surface area contributed by atoms with Gasteiger partial charge in [0.2, 0.25) is 0 Å². The summed E-state index contributed by atoms with van der Waals surface area (Å²) in [6.07, 6.45) is 3.71. The van der Waals surface area contributed by atoms with E-state index in [9.17, 15) is 4.79 Å². The van der Waals surface area contributed by atoms with Gasteiger partial charge in [-0.05, 0) is 26.2 Å². The molecule has 4 nitrogen and oxygen atoms in total. The van der Waals surface area contributed by atoms with Gasteiger partial charge >= 0.3 is 0 Å². The molecule has 1 aromatic heterocycles. The van der Waals surface area contributed by atoms with Crippen LogP contribution in [0.2, 0.25) is 5.02 Å². The predicted octanol–water partition coefficient (Wildman–Crippen LogP) is 3.54. The van der Waals surface area contributed by atoms with Crippen LogP contribution in [0.15, 0.2) is 11.0 Å². The Morgan fingerprint density at radius 3 is 2.63 bits per heavy atom. The molecular formula is C14H24ClN3O. The number of nitrogens with one attached hydrogen (secondary N) is 1. The van der Waals surface area contributed by atoms with Crippen molar-refractivity contribution in [3.05, 3.63) is 21.6 Å². The summed E-state index contributed by atoms with van der Waals surface area (Å²) in [6, 6.07) is 0. The Hall–Kier alpha value is -1.03. The zero-order valence-electron chi connectivity index (χ0n) is 12.5. The molecule has 0 aliphatic carbocycles. The summed E-state index contributed by atoms with van der Waals surface area (Å²) in [5, 5.41) is 7.70. The maximum absolute atomic E-state index is 12.1. The van der Waals surface area contributed by atoms with Crippen LogP contribution in [0.3, 0.4) is 0 Å². The van der Waals surface area contributed by atoms with E-state index in [1.54, 1.807) is 6.20 Å². The van der Waals surface area contributed by atoms with Crippen molar-refractivity contribution >= 4 is 17.3 Å². The van der Waals surface area contributed by atoms with Crippen LogP contribution in [0.5, 0.6) is 0 Å². The average molecular weight is 286 g/mol. The molecule has 0 saturated heterocycles. The quantitative estimate of drug-likeness (QED) is 0.869. The van der Waals surface area contributed by atoms with Crippen LogP contribution in [0.1, 0.15) is 47.5 Å². The minimum atomic E-state index is -0.229. The second-order valence-corrected chi connectivity index (χ2v) is 6.39. The number of rotatable bonds is 6. The lowest BCUT2D eigenvalue weighted by Crippen LogP contribution is -2.33. The Bertz CT molecular complexity index is 480. The van der Waals surface area contributed by atoms with Crippen molar-refractivity contribution in [2.45, 2.75) is 59.5 Å². The highest BCUT2D eigenvalue weighted by molar-refractivity contribution is 6.32. The monoisotopic (exact) mass is 285 g/mol. The van der Waals surface area contributed by atoms with Gasteiger partial charge < -0.3 is 5.32 Å². The number of aromatic nitrogens is 2. The summed E-state index contributed by atoms with van der Waals surface area (Å²) in [5.41, 5.74) is 0.286. The Labute approximate surface area is 120 Å². The second kappa shape index (κ2) is 6.42. The van der Waals surface area contributed by atoms with Crippen molar-refractivity contribution in [3.63, 3.8) is 0 Å². The second-order valence-electron chi connectivity index (χ2n) is 6.01. The Morgan fingerprint density at radius 1 is 1.47 bits per heavy atom. The SMILES string of the molecule is CCCC(C)(C)Nc1cnn(CC(C)C)c(=O)c1Cl. The summed E-state index contributed by atoms with van der Waals surface area (Å²) in [6.45, 7) is 11.0. The molecule has 0 bridgehead atoms. The van der Waals surface area contributed by atoms with Gasteiger partial charge in [-0.15, -0.1) is 0 Å². The van der Waals surface area contributed by atoms with Gasteiger partial charge in [-0.25, -0.2) is 4.68 Å². The summed E-state index contributed by atoms with van der Waals surface area (Å²) in [7, 11) is 0. The summed E-state index contributed by atoms with van der Waals surface area (Å²) in [4.78, 5) is 12.1. The van der Waals surface area contributed by atoms with Gasteiger partial charge in [0.15, 0.2) is 0 Å². The molecular weight excluding hydrogens is 262 g/mol. The summed E-state index contributed by atoms with van der Waals surface area (Å²) >= 11 is 6.15. The van der Waals surface area contributed by atoms with E-state index >= 15 is 0 Å². The van der Waals surface area contributed by atoms with Gasteiger partial charge in [-0.1, -0.05) is 38.8 Å². The lowest BCUT2D eigenvalue weighted by Gasteiger charge is -2.27. The molecule has 0 fully saturated rings. The number of nitrogens with zero attached hydrogens (tertiary/aromatic N) is 2. The first-order valence-electron chi connectivity index (χ1n) is 6.80. The van der Waals surface area contributed by atoms with Crippen LogP contribution in [0.25, 0.3) is 0 Å². The van der Waals surface area contributed by atoms with E-state index in [0.29, 0.717) is 18.2 Å².